The zero-order valence-corrected chi connectivity index (χ0v) is 20.7. The second-order valence-electron chi connectivity index (χ2n) is 8.78. The zero-order valence-electron chi connectivity index (χ0n) is 20.7. The zero-order chi connectivity index (χ0) is 24.7. The van der Waals surface area contributed by atoms with Gasteiger partial charge in [0.2, 0.25) is 5.91 Å². The molecule has 0 aliphatic heterocycles. The fourth-order valence-corrected chi connectivity index (χ4v) is 4.03. The number of methoxy groups -OCH3 is 2. The van der Waals surface area contributed by atoms with E-state index in [1.807, 2.05) is 30.3 Å². The number of unbranched alkanes of at least 4 members (excludes halogenated alkanes) is 1. The van der Waals surface area contributed by atoms with Crippen LogP contribution in [0, 0.1) is 0 Å². The summed E-state index contributed by atoms with van der Waals surface area (Å²) in [6.45, 7) is 6.27. The number of nitrogens with one attached hydrogen (secondary N) is 2. The summed E-state index contributed by atoms with van der Waals surface area (Å²) in [5.74, 6) is 1.79. The van der Waals surface area contributed by atoms with Gasteiger partial charge in [-0.05, 0) is 37.1 Å². The van der Waals surface area contributed by atoms with Crippen molar-refractivity contribution in [2.24, 2.45) is 0 Å². The maximum atomic E-state index is 11.7. The molecular formula is C26H35N5O3. The van der Waals surface area contributed by atoms with Gasteiger partial charge in [-0.3, -0.25) is 9.78 Å². The number of ether oxygens (including phenoxy) is 2. The summed E-state index contributed by atoms with van der Waals surface area (Å²) >= 11 is 0. The molecule has 0 fully saturated rings. The lowest BCUT2D eigenvalue weighted by molar-refractivity contribution is -0.119. The highest BCUT2D eigenvalue weighted by molar-refractivity contribution is 5.92. The number of pyridine rings is 2. The predicted molar refractivity (Wildman–Crippen MR) is 137 cm³/mol. The summed E-state index contributed by atoms with van der Waals surface area (Å²) in [5.41, 5.74) is 10.2. The first-order valence-electron chi connectivity index (χ1n) is 11.6. The van der Waals surface area contributed by atoms with Gasteiger partial charge in [0.25, 0.3) is 0 Å². The van der Waals surface area contributed by atoms with E-state index < -0.39 is 5.54 Å². The lowest BCUT2D eigenvalue weighted by Gasteiger charge is -2.34. The Kier molecular flexibility index (Phi) is 8.15. The summed E-state index contributed by atoms with van der Waals surface area (Å²) in [6, 6.07) is 9.47. The number of aromatic nitrogens is 2. The maximum Gasteiger partial charge on any atom is 0.216 e. The minimum Gasteiger partial charge on any atom is -0.497 e. The maximum absolute atomic E-state index is 11.7. The van der Waals surface area contributed by atoms with Crippen molar-refractivity contribution < 1.29 is 14.3 Å². The summed E-state index contributed by atoms with van der Waals surface area (Å²) < 4.78 is 11.0. The van der Waals surface area contributed by atoms with E-state index in [-0.39, 0.29) is 5.91 Å². The highest BCUT2D eigenvalue weighted by Gasteiger charge is 2.27. The fourth-order valence-electron chi connectivity index (χ4n) is 4.03. The molecule has 0 aliphatic carbocycles. The number of carbonyl (C=O) groups is 1. The van der Waals surface area contributed by atoms with Crippen molar-refractivity contribution >= 4 is 28.4 Å². The third-order valence-electron chi connectivity index (χ3n) is 5.97. The third kappa shape index (κ3) is 5.87. The number of carbonyl (C=O) groups excluding carboxylic acids is 1. The molecule has 3 rings (SSSR count). The smallest absolute Gasteiger partial charge is 0.216 e. The second-order valence-corrected chi connectivity index (χ2v) is 8.78. The molecule has 0 radical (unpaired) electrons. The summed E-state index contributed by atoms with van der Waals surface area (Å²) in [6.07, 6.45) is 5.16. The number of nitrogen functional groups attached to an aromatic ring is 1. The lowest BCUT2D eigenvalue weighted by Crippen LogP contribution is -2.46. The SMILES string of the molecule is CCCCC(C)(CNC(C)=O)Nc1c(Cc2ccc(OC)cc2OC)c(N)nc2cccnc12. The van der Waals surface area contributed by atoms with Gasteiger partial charge in [0.05, 0.1) is 31.0 Å². The summed E-state index contributed by atoms with van der Waals surface area (Å²) in [5, 5.41) is 6.69. The van der Waals surface area contributed by atoms with Crippen LogP contribution in [0.5, 0.6) is 11.5 Å². The van der Waals surface area contributed by atoms with Crippen LogP contribution in [0.4, 0.5) is 11.5 Å². The molecule has 2 heterocycles. The number of amides is 1. The van der Waals surface area contributed by atoms with Crippen molar-refractivity contribution in [1.29, 1.82) is 0 Å². The molecule has 4 N–H and O–H groups in total. The van der Waals surface area contributed by atoms with Crippen molar-refractivity contribution in [1.82, 2.24) is 15.3 Å². The van der Waals surface area contributed by atoms with Gasteiger partial charge in [-0.2, -0.15) is 0 Å². The van der Waals surface area contributed by atoms with Crippen LogP contribution in [-0.4, -0.2) is 42.2 Å². The van der Waals surface area contributed by atoms with Crippen molar-refractivity contribution in [2.45, 2.75) is 52.0 Å². The van der Waals surface area contributed by atoms with Crippen molar-refractivity contribution in [3.8, 4) is 11.5 Å². The molecule has 1 aromatic carbocycles. The van der Waals surface area contributed by atoms with Gasteiger partial charge in [-0.1, -0.05) is 25.8 Å². The molecule has 34 heavy (non-hydrogen) atoms. The van der Waals surface area contributed by atoms with Crippen LogP contribution in [0.1, 0.15) is 51.2 Å². The van der Waals surface area contributed by atoms with E-state index in [0.717, 1.165) is 41.6 Å². The van der Waals surface area contributed by atoms with Gasteiger partial charge >= 0.3 is 0 Å². The first kappa shape index (κ1) is 25.1. The van der Waals surface area contributed by atoms with E-state index in [0.29, 0.717) is 35.8 Å². The molecule has 8 nitrogen and oxygen atoms in total. The topological polar surface area (TPSA) is 111 Å². The van der Waals surface area contributed by atoms with E-state index in [9.17, 15) is 4.79 Å². The molecule has 3 aromatic rings. The highest BCUT2D eigenvalue weighted by Crippen LogP contribution is 2.36. The van der Waals surface area contributed by atoms with Gasteiger partial charge in [0, 0.05) is 37.7 Å². The van der Waals surface area contributed by atoms with Gasteiger partial charge in [-0.15, -0.1) is 0 Å². The van der Waals surface area contributed by atoms with Crippen LogP contribution in [0.25, 0.3) is 11.0 Å². The van der Waals surface area contributed by atoms with Gasteiger partial charge in [0.15, 0.2) is 0 Å². The second kappa shape index (κ2) is 11.0. The number of rotatable bonds is 11. The number of benzene rings is 1. The van der Waals surface area contributed by atoms with E-state index in [1.165, 1.54) is 6.92 Å². The Morgan fingerprint density at radius 2 is 2.00 bits per heavy atom. The Balaban J connectivity index is 2.12. The number of nitrogens with zero attached hydrogens (tertiary/aromatic N) is 2. The summed E-state index contributed by atoms with van der Waals surface area (Å²) in [7, 11) is 3.26. The van der Waals surface area contributed by atoms with E-state index in [1.54, 1.807) is 20.4 Å². The number of fused-ring (bicyclic) bond motifs is 1. The molecule has 0 saturated heterocycles. The van der Waals surface area contributed by atoms with E-state index in [4.69, 9.17) is 15.2 Å². The number of hydrogen-bond acceptors (Lipinski definition) is 7. The van der Waals surface area contributed by atoms with Gasteiger partial charge < -0.3 is 25.8 Å². The molecule has 8 heteroatoms. The van der Waals surface area contributed by atoms with Crippen LogP contribution in [0.3, 0.4) is 0 Å². The molecule has 0 spiro atoms. The molecule has 1 unspecified atom stereocenters. The molecule has 0 saturated carbocycles. The first-order valence-corrected chi connectivity index (χ1v) is 11.6. The van der Waals surface area contributed by atoms with Gasteiger partial charge in [0.1, 0.15) is 22.8 Å². The number of nitrogens with two attached hydrogens (primary N) is 1. The Bertz CT molecular complexity index is 1150. The van der Waals surface area contributed by atoms with Crippen LogP contribution in [0.15, 0.2) is 36.5 Å². The molecule has 1 atom stereocenters. The average Bonchev–Trinajstić information content (AvgIpc) is 2.83. The van der Waals surface area contributed by atoms with E-state index in [2.05, 4.69) is 34.4 Å². The van der Waals surface area contributed by atoms with Crippen LogP contribution >= 0.6 is 0 Å². The predicted octanol–water partition coefficient (Wildman–Crippen LogP) is 4.32. The Hall–Kier alpha value is -3.55. The first-order chi connectivity index (χ1) is 16.3. The number of hydrogen-bond donors (Lipinski definition) is 3. The number of anilines is 2. The standard InChI is InChI=1S/C26H35N5O3/c1-6-7-12-26(3,16-29-17(2)32)31-23-20(25(27)30-21-9-8-13-28-24(21)23)14-18-10-11-19(33-4)15-22(18)34-5/h8-11,13,15H,6-7,12,14,16H2,1-5H3,(H,29,32)(H3,27,30,31). The van der Waals surface area contributed by atoms with Gasteiger partial charge in [-0.25, -0.2) is 4.98 Å². The van der Waals surface area contributed by atoms with Crippen LogP contribution in [-0.2, 0) is 11.2 Å². The molecule has 0 bridgehead atoms. The minimum absolute atomic E-state index is 0.0649. The Morgan fingerprint density at radius 1 is 1.21 bits per heavy atom. The van der Waals surface area contributed by atoms with Crippen LogP contribution in [0.2, 0.25) is 0 Å². The highest BCUT2D eigenvalue weighted by atomic mass is 16.5. The largest absolute Gasteiger partial charge is 0.497 e. The van der Waals surface area contributed by atoms with Crippen molar-refractivity contribution in [3.05, 3.63) is 47.7 Å². The molecule has 1 amide bonds. The molecule has 182 valence electrons. The quantitative estimate of drug-likeness (QED) is 0.387. The molecule has 0 aliphatic rings. The Labute approximate surface area is 201 Å². The van der Waals surface area contributed by atoms with Crippen molar-refractivity contribution in [2.75, 3.05) is 31.8 Å². The normalized spacial score (nSPS) is 12.7. The summed E-state index contributed by atoms with van der Waals surface area (Å²) in [4.78, 5) is 21.0. The molecular weight excluding hydrogens is 430 g/mol. The Morgan fingerprint density at radius 3 is 2.68 bits per heavy atom. The third-order valence-corrected chi connectivity index (χ3v) is 5.97. The molecule has 2 aromatic heterocycles. The van der Waals surface area contributed by atoms with Crippen molar-refractivity contribution in [3.63, 3.8) is 0 Å². The monoisotopic (exact) mass is 465 g/mol. The fraction of sp³-hybridized carbons (Fsp3) is 0.423. The van der Waals surface area contributed by atoms with E-state index >= 15 is 0 Å². The lowest BCUT2D eigenvalue weighted by atomic mass is 9.92. The average molecular weight is 466 g/mol. The minimum atomic E-state index is -0.404. The van der Waals surface area contributed by atoms with Crippen LogP contribution < -0.4 is 25.8 Å².